The van der Waals surface area contributed by atoms with Crippen molar-refractivity contribution in [3.63, 3.8) is 0 Å². The normalized spacial score (nSPS) is 28.0. The summed E-state index contributed by atoms with van der Waals surface area (Å²) in [4.78, 5) is 4.52. The van der Waals surface area contributed by atoms with E-state index in [9.17, 15) is 0 Å². The molecule has 0 spiro atoms. The maximum Gasteiger partial charge on any atom is 0.157 e. The van der Waals surface area contributed by atoms with Gasteiger partial charge in [0.25, 0.3) is 0 Å². The molecule has 5 heteroatoms. The summed E-state index contributed by atoms with van der Waals surface area (Å²) in [5, 5.41) is 8.36. The Labute approximate surface area is 99.9 Å². The van der Waals surface area contributed by atoms with E-state index in [1.54, 1.807) is 18.0 Å². The van der Waals surface area contributed by atoms with Crippen molar-refractivity contribution in [2.75, 3.05) is 5.75 Å². The van der Waals surface area contributed by atoms with E-state index in [0.717, 1.165) is 23.0 Å². The first kappa shape index (κ1) is 11.5. The summed E-state index contributed by atoms with van der Waals surface area (Å²) in [6, 6.07) is 1.84. The fourth-order valence-electron chi connectivity index (χ4n) is 1.55. The van der Waals surface area contributed by atoms with Gasteiger partial charge in [0.15, 0.2) is 5.17 Å². The van der Waals surface area contributed by atoms with Crippen LogP contribution in [0.4, 0.5) is 0 Å². The van der Waals surface area contributed by atoms with Crippen LogP contribution in [0, 0.1) is 0 Å². The van der Waals surface area contributed by atoms with Gasteiger partial charge in [-0.05, 0) is 19.8 Å². The second-order valence-corrected chi connectivity index (χ2v) is 5.33. The molecule has 4 nitrogen and oxygen atoms in total. The van der Waals surface area contributed by atoms with Crippen molar-refractivity contribution < 1.29 is 4.52 Å². The fourth-order valence-corrected chi connectivity index (χ4v) is 2.77. The van der Waals surface area contributed by atoms with Gasteiger partial charge in [-0.3, -0.25) is 4.99 Å². The second-order valence-electron chi connectivity index (χ2n) is 4.25. The first-order chi connectivity index (χ1) is 7.72. The fraction of sp³-hybridized carbons (Fsp3) is 0.636. The number of rotatable bonds is 3. The van der Waals surface area contributed by atoms with E-state index in [2.05, 4.69) is 29.3 Å². The third-order valence-electron chi connectivity index (χ3n) is 2.96. The number of aromatic nitrogens is 1. The first-order valence-corrected chi connectivity index (χ1v) is 6.55. The Balaban J connectivity index is 1.96. The minimum Gasteiger partial charge on any atom is -0.364 e. The van der Waals surface area contributed by atoms with Crippen molar-refractivity contribution in [1.29, 1.82) is 0 Å². The summed E-state index contributed by atoms with van der Waals surface area (Å²) < 4.78 is 4.77. The summed E-state index contributed by atoms with van der Waals surface area (Å²) in [7, 11) is 0. The van der Waals surface area contributed by atoms with Crippen LogP contribution in [0.5, 0.6) is 0 Å². The van der Waals surface area contributed by atoms with Crippen molar-refractivity contribution in [3.8, 4) is 0 Å². The Bertz CT molecular complexity index is 363. The van der Waals surface area contributed by atoms with Gasteiger partial charge in [-0.2, -0.15) is 0 Å². The molecule has 0 aromatic carbocycles. The molecule has 1 aliphatic rings. The highest BCUT2D eigenvalue weighted by Gasteiger charge is 2.27. The molecule has 0 radical (unpaired) electrons. The zero-order valence-corrected chi connectivity index (χ0v) is 10.5. The SMILES string of the molecule is CCC1(C)CCSC(=NCc2ccon2)N1. The standard InChI is InChI=1S/C11H17N3OS/c1-3-11(2)5-7-16-10(13-11)12-8-9-4-6-15-14-9/h4,6H,3,5,7-8H2,1-2H3,(H,12,13). The molecule has 1 aromatic heterocycles. The van der Waals surface area contributed by atoms with E-state index in [1.807, 2.05) is 6.07 Å². The molecule has 0 aliphatic carbocycles. The van der Waals surface area contributed by atoms with E-state index in [4.69, 9.17) is 4.52 Å². The largest absolute Gasteiger partial charge is 0.364 e. The van der Waals surface area contributed by atoms with Gasteiger partial charge in [0, 0.05) is 17.4 Å². The van der Waals surface area contributed by atoms with Gasteiger partial charge in [-0.1, -0.05) is 23.8 Å². The minimum atomic E-state index is 0.202. The van der Waals surface area contributed by atoms with Crippen LogP contribution in [0.3, 0.4) is 0 Å². The van der Waals surface area contributed by atoms with Crippen molar-refractivity contribution in [1.82, 2.24) is 10.5 Å². The molecule has 1 atom stereocenters. The van der Waals surface area contributed by atoms with Crippen LogP contribution in [0.15, 0.2) is 21.8 Å². The molecule has 1 aromatic rings. The Morgan fingerprint density at radius 3 is 3.25 bits per heavy atom. The Morgan fingerprint density at radius 2 is 2.56 bits per heavy atom. The molecule has 2 heterocycles. The third kappa shape index (κ3) is 2.78. The predicted molar refractivity (Wildman–Crippen MR) is 66.5 cm³/mol. The van der Waals surface area contributed by atoms with Crippen LogP contribution >= 0.6 is 11.8 Å². The summed E-state index contributed by atoms with van der Waals surface area (Å²) in [5.41, 5.74) is 1.08. The number of amidine groups is 1. The van der Waals surface area contributed by atoms with E-state index >= 15 is 0 Å². The van der Waals surface area contributed by atoms with Gasteiger partial charge in [-0.15, -0.1) is 0 Å². The molecule has 0 bridgehead atoms. The monoisotopic (exact) mass is 239 g/mol. The van der Waals surface area contributed by atoms with Crippen LogP contribution < -0.4 is 5.32 Å². The molecular weight excluding hydrogens is 222 g/mol. The van der Waals surface area contributed by atoms with Gasteiger partial charge >= 0.3 is 0 Å². The lowest BCUT2D eigenvalue weighted by Crippen LogP contribution is -2.48. The maximum absolute atomic E-state index is 4.77. The quantitative estimate of drug-likeness (QED) is 0.880. The molecule has 1 aliphatic heterocycles. The summed E-state index contributed by atoms with van der Waals surface area (Å²) in [5.74, 6) is 1.13. The zero-order chi connectivity index (χ0) is 11.4. The Hall–Kier alpha value is -0.970. The van der Waals surface area contributed by atoms with E-state index in [0.29, 0.717) is 6.54 Å². The number of nitrogens with one attached hydrogen (secondary N) is 1. The average Bonchev–Trinajstić information content (AvgIpc) is 2.80. The molecule has 1 fully saturated rings. The van der Waals surface area contributed by atoms with E-state index in [-0.39, 0.29) is 5.54 Å². The van der Waals surface area contributed by atoms with Crippen LogP contribution in [-0.2, 0) is 6.54 Å². The highest BCUT2D eigenvalue weighted by molar-refractivity contribution is 8.13. The smallest absolute Gasteiger partial charge is 0.157 e. The number of aliphatic imine (C=N–C) groups is 1. The highest BCUT2D eigenvalue weighted by atomic mass is 32.2. The van der Waals surface area contributed by atoms with Gasteiger partial charge in [0.1, 0.15) is 12.0 Å². The van der Waals surface area contributed by atoms with Crippen molar-refractivity contribution >= 4 is 16.9 Å². The number of thioether (sulfide) groups is 1. The van der Waals surface area contributed by atoms with Crippen molar-refractivity contribution in [2.24, 2.45) is 4.99 Å². The highest BCUT2D eigenvalue weighted by Crippen LogP contribution is 2.24. The minimum absolute atomic E-state index is 0.202. The lowest BCUT2D eigenvalue weighted by Gasteiger charge is -2.35. The summed E-state index contributed by atoms with van der Waals surface area (Å²) >= 11 is 1.78. The molecule has 1 unspecified atom stereocenters. The van der Waals surface area contributed by atoms with Gasteiger partial charge < -0.3 is 9.84 Å². The molecular formula is C11H17N3OS. The molecule has 1 N–H and O–H groups in total. The van der Waals surface area contributed by atoms with Crippen LogP contribution in [0.1, 0.15) is 32.4 Å². The second kappa shape index (κ2) is 4.91. The molecule has 16 heavy (non-hydrogen) atoms. The topological polar surface area (TPSA) is 50.4 Å². The molecule has 2 rings (SSSR count). The lowest BCUT2D eigenvalue weighted by molar-refractivity contribution is 0.389. The third-order valence-corrected chi connectivity index (χ3v) is 3.87. The van der Waals surface area contributed by atoms with Crippen molar-refractivity contribution in [2.45, 2.75) is 38.8 Å². The molecule has 1 saturated heterocycles. The maximum atomic E-state index is 4.77. The van der Waals surface area contributed by atoms with E-state index < -0.39 is 0 Å². The number of hydrogen-bond donors (Lipinski definition) is 1. The molecule has 88 valence electrons. The van der Waals surface area contributed by atoms with Gasteiger partial charge in [0.2, 0.25) is 0 Å². The van der Waals surface area contributed by atoms with Gasteiger partial charge in [-0.25, -0.2) is 0 Å². The molecule has 0 amide bonds. The number of hydrogen-bond acceptors (Lipinski definition) is 4. The summed E-state index contributed by atoms with van der Waals surface area (Å²) in [6.07, 6.45) is 3.89. The Morgan fingerprint density at radius 1 is 1.69 bits per heavy atom. The lowest BCUT2D eigenvalue weighted by atomic mass is 9.96. The molecule has 0 saturated carbocycles. The van der Waals surface area contributed by atoms with Crippen LogP contribution in [0.2, 0.25) is 0 Å². The van der Waals surface area contributed by atoms with Crippen LogP contribution in [-0.4, -0.2) is 21.6 Å². The predicted octanol–water partition coefficient (Wildman–Crippen LogP) is 2.43. The zero-order valence-electron chi connectivity index (χ0n) is 9.69. The summed E-state index contributed by atoms with van der Waals surface area (Å²) in [6.45, 7) is 5.04. The van der Waals surface area contributed by atoms with E-state index in [1.165, 1.54) is 6.42 Å². The number of nitrogens with zero attached hydrogens (tertiary/aromatic N) is 2. The Kier molecular flexibility index (Phi) is 3.53. The van der Waals surface area contributed by atoms with Crippen LogP contribution in [0.25, 0.3) is 0 Å². The first-order valence-electron chi connectivity index (χ1n) is 5.56. The average molecular weight is 239 g/mol. The van der Waals surface area contributed by atoms with Gasteiger partial charge in [0.05, 0.1) is 6.54 Å². The van der Waals surface area contributed by atoms with Crippen molar-refractivity contribution in [3.05, 3.63) is 18.0 Å².